The smallest absolute Gasteiger partial charge is 0.860 e. The molecule has 0 N–H and O–H groups in total. The topological polar surface area (TPSA) is 44.8 Å². The Labute approximate surface area is 192 Å². The average Bonchev–Trinajstić information content (AvgIpc) is 2.69. The summed E-state index contributed by atoms with van der Waals surface area (Å²) in [6.07, 6.45) is 0. The van der Waals surface area contributed by atoms with E-state index in [1.165, 1.54) is 0 Å². The molecule has 156 valence electrons. The molecule has 2 aromatic carbocycles. The van der Waals surface area contributed by atoms with Gasteiger partial charge >= 0.3 is 18.9 Å². The predicted octanol–water partition coefficient (Wildman–Crippen LogP) is -0.528. The summed E-state index contributed by atoms with van der Waals surface area (Å²) in [4.78, 5) is 1.95. The first-order chi connectivity index (χ1) is 13.6. The molecule has 30 heavy (non-hydrogen) atoms. The average molecular weight is 401 g/mol. The second-order valence-corrected chi connectivity index (χ2v) is 8.89. The first kappa shape index (κ1) is 24.6. The zero-order valence-corrected chi connectivity index (χ0v) is 19.2. The molecule has 1 saturated heterocycles. The fourth-order valence-corrected chi connectivity index (χ4v) is 3.69. The van der Waals surface area contributed by atoms with Gasteiger partial charge in [-0.3, -0.25) is 0 Å². The number of hydrogen-bond donors (Lipinski definition) is 0. The van der Waals surface area contributed by atoms with Crippen LogP contribution in [-0.2, 0) is 15.0 Å². The molecule has 0 saturated carbocycles. The minimum absolute atomic E-state index is 0. The number of ether oxygens (including phenoxy) is 2. The largest absolute Gasteiger partial charge is 1.00 e. The summed E-state index contributed by atoms with van der Waals surface area (Å²) in [6.45, 7) is 15.8. The van der Waals surface area contributed by atoms with E-state index in [0.29, 0.717) is 25.0 Å². The Morgan fingerprint density at radius 2 is 1.73 bits per heavy atom. The van der Waals surface area contributed by atoms with Gasteiger partial charge in [0.05, 0.1) is 18.8 Å². The maximum Gasteiger partial charge on any atom is 1.00 e. The van der Waals surface area contributed by atoms with E-state index >= 15 is 0 Å². The van der Waals surface area contributed by atoms with E-state index in [9.17, 15) is 5.11 Å². The Morgan fingerprint density at radius 1 is 1.13 bits per heavy atom. The molecule has 1 aliphatic rings. The molecule has 5 heteroatoms. The van der Waals surface area contributed by atoms with Crippen LogP contribution >= 0.6 is 0 Å². The van der Waals surface area contributed by atoms with Crippen molar-refractivity contribution in [2.75, 3.05) is 19.8 Å². The van der Waals surface area contributed by atoms with E-state index in [1.54, 1.807) is 0 Å². The third-order valence-electron chi connectivity index (χ3n) is 5.67. The van der Waals surface area contributed by atoms with Gasteiger partial charge in [0.1, 0.15) is 0 Å². The van der Waals surface area contributed by atoms with Crippen molar-refractivity contribution in [1.82, 2.24) is 4.90 Å². The minimum Gasteiger partial charge on any atom is -0.860 e. The molecular formula is C25H32LiNO3. The molecule has 0 aromatic heterocycles. The summed E-state index contributed by atoms with van der Waals surface area (Å²) in [7, 11) is 0. The molecule has 0 unspecified atom stereocenters. The molecule has 0 radical (unpaired) electrons. The Balaban J connectivity index is 0.00000320. The van der Waals surface area contributed by atoms with Crippen molar-refractivity contribution in [2.24, 2.45) is 5.92 Å². The van der Waals surface area contributed by atoms with Crippen LogP contribution in [0.25, 0.3) is 12.5 Å². The third-order valence-corrected chi connectivity index (χ3v) is 5.67. The minimum atomic E-state index is -0.572. The van der Waals surface area contributed by atoms with Crippen LogP contribution in [0, 0.1) is 12.8 Å². The van der Waals surface area contributed by atoms with E-state index in [2.05, 4.69) is 32.6 Å². The van der Waals surface area contributed by atoms with Crippen molar-refractivity contribution in [3.63, 3.8) is 0 Å². The van der Waals surface area contributed by atoms with Crippen molar-refractivity contribution in [3.8, 4) is 0 Å². The van der Waals surface area contributed by atoms with E-state index in [1.807, 2.05) is 62.1 Å². The molecule has 3 rings (SSSR count). The van der Waals surface area contributed by atoms with Crippen LogP contribution in [0.1, 0.15) is 38.8 Å². The van der Waals surface area contributed by atoms with Crippen molar-refractivity contribution < 1.29 is 33.4 Å². The van der Waals surface area contributed by atoms with Gasteiger partial charge in [-0.25, -0.2) is 0 Å². The summed E-state index contributed by atoms with van der Waals surface area (Å²) >= 11 is 0. The van der Waals surface area contributed by atoms with Gasteiger partial charge in [-0.05, 0) is 56.5 Å². The fraction of sp³-hybridized carbons (Fsp3) is 0.440. The maximum absolute atomic E-state index is 13.7. The van der Waals surface area contributed by atoms with Gasteiger partial charge in [0.2, 0.25) is 0 Å². The Hall–Kier alpha value is -1.70. The summed E-state index contributed by atoms with van der Waals surface area (Å²) in [5.41, 5.74) is 1.63. The quantitative estimate of drug-likeness (QED) is 0.632. The SMILES string of the molecule is C=c1ccc(C)c/c1=C(/[O-])N(CC1COC(C)(C)OC1)C(C)(C)c1ccccc1.[Li+]. The first-order valence-corrected chi connectivity index (χ1v) is 10.2. The summed E-state index contributed by atoms with van der Waals surface area (Å²) in [6, 6.07) is 16.0. The van der Waals surface area contributed by atoms with Gasteiger partial charge in [-0.15, -0.1) is 0 Å². The van der Waals surface area contributed by atoms with Crippen LogP contribution in [0.5, 0.6) is 0 Å². The zero-order valence-electron chi connectivity index (χ0n) is 19.2. The maximum atomic E-state index is 13.7. The summed E-state index contributed by atoms with van der Waals surface area (Å²) in [5.74, 6) is -0.484. The van der Waals surface area contributed by atoms with E-state index < -0.39 is 11.3 Å². The van der Waals surface area contributed by atoms with Crippen molar-refractivity contribution in [2.45, 2.75) is 45.9 Å². The first-order valence-electron chi connectivity index (χ1n) is 10.2. The third kappa shape index (κ3) is 5.50. The Bertz CT molecular complexity index is 946. The molecule has 0 amide bonds. The summed E-state index contributed by atoms with van der Waals surface area (Å²) in [5, 5.41) is 15.1. The zero-order chi connectivity index (χ0) is 21.2. The molecule has 4 nitrogen and oxygen atoms in total. The van der Waals surface area contributed by atoms with Crippen LogP contribution in [0.2, 0.25) is 0 Å². The van der Waals surface area contributed by atoms with E-state index in [0.717, 1.165) is 16.3 Å². The number of nitrogens with zero attached hydrogens (tertiary/aromatic N) is 1. The Morgan fingerprint density at radius 3 is 2.33 bits per heavy atom. The molecular weight excluding hydrogens is 369 g/mol. The predicted molar refractivity (Wildman–Crippen MR) is 115 cm³/mol. The van der Waals surface area contributed by atoms with Gasteiger partial charge in [-0.2, -0.15) is 0 Å². The van der Waals surface area contributed by atoms with Crippen LogP contribution in [-0.4, -0.2) is 30.4 Å². The number of aryl methyl sites for hydroxylation is 1. The number of benzene rings is 2. The van der Waals surface area contributed by atoms with Crippen LogP contribution < -0.4 is 34.4 Å². The van der Waals surface area contributed by atoms with E-state index in [4.69, 9.17) is 9.47 Å². The monoisotopic (exact) mass is 401 g/mol. The number of rotatable bonds is 5. The second kappa shape index (κ2) is 9.62. The Kier molecular flexibility index (Phi) is 7.88. The van der Waals surface area contributed by atoms with Crippen molar-refractivity contribution in [1.29, 1.82) is 0 Å². The second-order valence-electron chi connectivity index (χ2n) is 8.89. The molecule has 1 aliphatic heterocycles. The normalized spacial score (nSPS) is 17.8. The van der Waals surface area contributed by atoms with Crippen LogP contribution in [0.4, 0.5) is 0 Å². The van der Waals surface area contributed by atoms with Gasteiger partial charge in [-0.1, -0.05) is 60.7 Å². The molecule has 0 bridgehead atoms. The molecule has 0 aliphatic carbocycles. The molecule has 1 fully saturated rings. The summed E-state index contributed by atoms with van der Waals surface area (Å²) < 4.78 is 11.7. The van der Waals surface area contributed by atoms with Crippen molar-refractivity contribution in [3.05, 3.63) is 70.1 Å². The van der Waals surface area contributed by atoms with Gasteiger partial charge in [0.15, 0.2) is 5.79 Å². The molecule has 2 aromatic rings. The van der Waals surface area contributed by atoms with E-state index in [-0.39, 0.29) is 30.7 Å². The van der Waals surface area contributed by atoms with Gasteiger partial charge < -0.3 is 19.5 Å². The van der Waals surface area contributed by atoms with Gasteiger partial charge in [0, 0.05) is 12.5 Å². The standard InChI is InChI=1S/C25H33NO3.Li/c1-18-12-13-19(2)22(14-18)23(27)26(15-20-16-28-25(5,6)29-17-20)24(3,4)21-10-8-7-9-11-21;/h7-14,20,27H,2,15-17H2,1,3-6H3;/q;+1/p-1/b23-22-;. The van der Waals surface area contributed by atoms with Crippen LogP contribution in [0.15, 0.2) is 48.5 Å². The molecule has 0 spiro atoms. The molecule has 0 atom stereocenters. The van der Waals surface area contributed by atoms with Crippen molar-refractivity contribution >= 4 is 12.5 Å². The number of hydrogen-bond acceptors (Lipinski definition) is 4. The van der Waals surface area contributed by atoms with Gasteiger partial charge in [0.25, 0.3) is 0 Å². The molecule has 1 heterocycles. The fourth-order valence-electron chi connectivity index (χ4n) is 3.69. The van der Waals surface area contributed by atoms with Crippen LogP contribution in [0.3, 0.4) is 0 Å².